The lowest BCUT2D eigenvalue weighted by atomic mass is 10.2. The second-order valence-corrected chi connectivity index (χ2v) is 5.56. The first kappa shape index (κ1) is 9.06. The Morgan fingerprint density at radius 3 is 2.64 bits per heavy atom. The summed E-state index contributed by atoms with van der Waals surface area (Å²) in [6, 6.07) is 7.74. The fourth-order valence-corrected chi connectivity index (χ4v) is 1.83. The maximum atomic E-state index is 5.73. The molecule has 0 heterocycles. The van der Waals surface area contributed by atoms with E-state index in [0.29, 0.717) is 0 Å². The topological polar surface area (TPSA) is 0 Å². The van der Waals surface area contributed by atoms with Crippen molar-refractivity contribution in [2.24, 2.45) is 0 Å². The minimum atomic E-state index is -1.02. The monoisotopic (exact) mass is 204 g/mol. The van der Waals surface area contributed by atoms with E-state index in [9.17, 15) is 0 Å². The van der Waals surface area contributed by atoms with E-state index in [1.807, 2.05) is 24.3 Å². The van der Waals surface area contributed by atoms with Crippen LogP contribution in [0, 0.1) is 0 Å². The van der Waals surface area contributed by atoms with E-state index in [4.69, 9.17) is 22.5 Å². The molecule has 0 aliphatic rings. The van der Waals surface area contributed by atoms with Gasteiger partial charge in [0, 0.05) is 5.30 Å². The van der Waals surface area contributed by atoms with Gasteiger partial charge < -0.3 is 0 Å². The Bertz CT molecular complexity index is 258. The molecule has 0 unspecified atom stereocenters. The Hall–Kier alpha value is -0.0300. The van der Waals surface area contributed by atoms with Crippen LogP contribution in [0.1, 0.15) is 5.56 Å². The Morgan fingerprint density at radius 1 is 1.36 bits per heavy atom. The molecule has 0 bridgehead atoms. The minimum absolute atomic E-state index is 0.973. The minimum Gasteiger partial charge on any atom is -0.0985 e. The van der Waals surface area contributed by atoms with Crippen molar-refractivity contribution in [2.45, 2.75) is 0 Å². The Labute approximate surface area is 77.2 Å². The fraction of sp³-hybridized carbons (Fsp3) is 0. The van der Waals surface area contributed by atoms with Gasteiger partial charge in [-0.15, -0.1) is 0 Å². The molecule has 0 N–H and O–H groups in total. The number of halogens is 2. The van der Waals surface area contributed by atoms with Gasteiger partial charge in [-0.3, -0.25) is 0 Å². The van der Waals surface area contributed by atoms with Crippen LogP contribution in [0.25, 0.3) is 6.08 Å². The van der Waals surface area contributed by atoms with Gasteiger partial charge in [0.1, 0.15) is 6.63 Å². The maximum absolute atomic E-state index is 5.73. The van der Waals surface area contributed by atoms with Gasteiger partial charge in [0.25, 0.3) is 0 Å². The summed E-state index contributed by atoms with van der Waals surface area (Å²) in [5.74, 6) is 0. The van der Waals surface area contributed by atoms with Crippen molar-refractivity contribution >= 4 is 40.5 Å². The lowest BCUT2D eigenvalue weighted by molar-refractivity contribution is 1.72. The van der Waals surface area contributed by atoms with Crippen molar-refractivity contribution in [3.63, 3.8) is 0 Å². The lowest BCUT2D eigenvalue weighted by Crippen LogP contribution is -1.93. The highest BCUT2D eigenvalue weighted by Crippen LogP contribution is 2.45. The van der Waals surface area contributed by atoms with E-state index in [1.165, 1.54) is 0 Å². The van der Waals surface area contributed by atoms with Crippen LogP contribution in [0.15, 0.2) is 30.8 Å². The van der Waals surface area contributed by atoms with Gasteiger partial charge in [0.2, 0.25) is 0 Å². The first-order chi connectivity index (χ1) is 5.24. The molecular weight excluding hydrogens is 198 g/mol. The molecule has 1 rings (SSSR count). The van der Waals surface area contributed by atoms with E-state index in [2.05, 4.69) is 6.58 Å². The van der Waals surface area contributed by atoms with Crippen molar-refractivity contribution < 1.29 is 0 Å². The van der Waals surface area contributed by atoms with E-state index in [-0.39, 0.29) is 0 Å². The summed E-state index contributed by atoms with van der Waals surface area (Å²) >= 11 is 11.5. The molecule has 0 aliphatic carbocycles. The van der Waals surface area contributed by atoms with E-state index < -0.39 is 6.63 Å². The van der Waals surface area contributed by atoms with Gasteiger partial charge in [0.15, 0.2) is 0 Å². The molecule has 0 radical (unpaired) electrons. The highest BCUT2D eigenvalue weighted by atomic mass is 35.9. The van der Waals surface area contributed by atoms with Crippen molar-refractivity contribution in [2.75, 3.05) is 0 Å². The number of rotatable bonds is 2. The van der Waals surface area contributed by atoms with Gasteiger partial charge in [0.05, 0.1) is 0 Å². The highest BCUT2D eigenvalue weighted by Gasteiger charge is 2.01. The van der Waals surface area contributed by atoms with Crippen LogP contribution in [-0.2, 0) is 0 Å². The summed E-state index contributed by atoms with van der Waals surface area (Å²) in [5, 5.41) is 0.973. The molecule has 1 aromatic rings. The molecule has 0 spiro atoms. The molecule has 0 fully saturated rings. The Morgan fingerprint density at radius 2 is 2.09 bits per heavy atom. The maximum Gasteiger partial charge on any atom is 0.116 e. The van der Waals surface area contributed by atoms with Crippen molar-refractivity contribution in [3.05, 3.63) is 36.4 Å². The third kappa shape index (κ3) is 2.48. The average Bonchev–Trinajstić information content (AvgIpc) is 2.05. The molecule has 1 aromatic carbocycles. The summed E-state index contributed by atoms with van der Waals surface area (Å²) in [6.45, 7) is 2.63. The summed E-state index contributed by atoms with van der Waals surface area (Å²) in [7, 11) is 0. The van der Waals surface area contributed by atoms with Crippen LogP contribution in [-0.4, -0.2) is 0 Å². The molecule has 0 aliphatic heterocycles. The van der Waals surface area contributed by atoms with Crippen molar-refractivity contribution in [3.8, 4) is 0 Å². The van der Waals surface area contributed by atoms with Gasteiger partial charge in [-0.25, -0.2) is 0 Å². The first-order valence-electron chi connectivity index (χ1n) is 3.08. The Kier molecular flexibility index (Phi) is 3.39. The number of hydrogen-bond acceptors (Lipinski definition) is 0. The second-order valence-electron chi connectivity index (χ2n) is 2.03. The van der Waals surface area contributed by atoms with Gasteiger partial charge >= 0.3 is 0 Å². The van der Waals surface area contributed by atoms with Crippen LogP contribution in [0.2, 0.25) is 0 Å². The summed E-state index contributed by atoms with van der Waals surface area (Å²) < 4.78 is 0. The predicted molar refractivity (Wildman–Crippen MR) is 54.8 cm³/mol. The highest BCUT2D eigenvalue weighted by molar-refractivity contribution is 8.08. The van der Waals surface area contributed by atoms with Gasteiger partial charge in [-0.2, -0.15) is 0 Å². The zero-order chi connectivity index (χ0) is 8.27. The molecule has 3 heteroatoms. The largest absolute Gasteiger partial charge is 0.116 e. The summed E-state index contributed by atoms with van der Waals surface area (Å²) in [4.78, 5) is 0. The molecular formula is C8H7Cl2P. The van der Waals surface area contributed by atoms with Crippen LogP contribution in [0.5, 0.6) is 0 Å². The smallest absolute Gasteiger partial charge is 0.0985 e. The van der Waals surface area contributed by atoms with Crippen LogP contribution in [0.3, 0.4) is 0 Å². The molecule has 11 heavy (non-hydrogen) atoms. The van der Waals surface area contributed by atoms with Crippen molar-refractivity contribution in [1.82, 2.24) is 0 Å². The predicted octanol–water partition coefficient (Wildman–Crippen LogP) is 3.74. The number of hydrogen-bond donors (Lipinski definition) is 0. The zero-order valence-electron chi connectivity index (χ0n) is 5.80. The average molecular weight is 205 g/mol. The third-order valence-corrected chi connectivity index (χ3v) is 3.14. The summed E-state index contributed by atoms with van der Waals surface area (Å²) in [5.41, 5.74) is 1.05. The normalized spacial score (nSPS) is 10.1. The van der Waals surface area contributed by atoms with Crippen molar-refractivity contribution in [1.29, 1.82) is 0 Å². The molecule has 58 valence electrons. The van der Waals surface area contributed by atoms with Crippen LogP contribution < -0.4 is 5.30 Å². The van der Waals surface area contributed by atoms with E-state index >= 15 is 0 Å². The van der Waals surface area contributed by atoms with E-state index in [1.54, 1.807) is 6.08 Å². The molecule has 0 amide bonds. The quantitative estimate of drug-likeness (QED) is 0.645. The first-order valence-corrected chi connectivity index (χ1v) is 6.23. The zero-order valence-corrected chi connectivity index (χ0v) is 8.20. The molecule has 0 aromatic heterocycles. The number of benzene rings is 1. The summed E-state index contributed by atoms with van der Waals surface area (Å²) in [6.07, 6.45) is 1.77. The molecule has 0 atom stereocenters. The van der Waals surface area contributed by atoms with E-state index in [0.717, 1.165) is 10.9 Å². The Balaban J connectivity index is 3.00. The lowest BCUT2D eigenvalue weighted by Gasteiger charge is -2.00. The fourth-order valence-electron chi connectivity index (χ4n) is 0.757. The standard InChI is InChI=1S/C8H7Cl2P/c1-2-7-4-3-5-8(6-7)11(9)10/h2-6H,1H2. The SMILES string of the molecule is C=Cc1cccc(P(Cl)Cl)c1. The molecule has 0 saturated heterocycles. The van der Waals surface area contributed by atoms with Gasteiger partial charge in [-0.1, -0.05) is 53.3 Å². The molecule has 0 saturated carbocycles. The second kappa shape index (κ2) is 4.11. The van der Waals surface area contributed by atoms with Gasteiger partial charge in [-0.05, 0) is 11.6 Å². The molecule has 0 nitrogen and oxygen atoms in total. The van der Waals surface area contributed by atoms with Crippen LogP contribution >= 0.6 is 29.1 Å². The van der Waals surface area contributed by atoms with Crippen LogP contribution in [0.4, 0.5) is 0 Å². The third-order valence-electron chi connectivity index (χ3n) is 1.30.